The molecule has 0 unspecified atom stereocenters. The first kappa shape index (κ1) is 16.2. The first-order valence-electron chi connectivity index (χ1n) is 7.06. The fourth-order valence-electron chi connectivity index (χ4n) is 1.72. The maximum absolute atomic E-state index is 12.0. The van der Waals surface area contributed by atoms with Crippen LogP contribution in [0.2, 0.25) is 0 Å². The number of carbonyl (C=O) groups excluding carboxylic acids is 2. The maximum atomic E-state index is 12.0. The largest absolute Gasteiger partial charge is 0.465 e. The van der Waals surface area contributed by atoms with Crippen LogP contribution in [0.25, 0.3) is 0 Å². The first-order valence-corrected chi connectivity index (χ1v) is 7.06. The average Bonchev–Trinajstić information content (AvgIpc) is 2.48. The Kier molecular flexibility index (Phi) is 7.40. The number of ether oxygens (including phenoxy) is 2. The van der Waals surface area contributed by atoms with Crippen LogP contribution in [0.1, 0.15) is 32.3 Å². The van der Waals surface area contributed by atoms with E-state index in [9.17, 15) is 9.59 Å². The Morgan fingerprint density at radius 1 is 0.950 bits per heavy atom. The number of carbonyl (C=O) groups is 2. The lowest BCUT2D eigenvalue weighted by Gasteiger charge is -2.15. The SMILES string of the molecule is CCCOC(=O)C(Cc1ccccc1)C(=O)OCCC. The van der Waals surface area contributed by atoms with Crippen LogP contribution < -0.4 is 0 Å². The molecule has 0 bridgehead atoms. The Morgan fingerprint density at radius 3 is 1.90 bits per heavy atom. The van der Waals surface area contributed by atoms with Crippen LogP contribution in [-0.4, -0.2) is 25.2 Å². The molecule has 0 N–H and O–H groups in total. The number of hydrogen-bond acceptors (Lipinski definition) is 4. The summed E-state index contributed by atoms with van der Waals surface area (Å²) in [4.78, 5) is 24.0. The highest BCUT2D eigenvalue weighted by atomic mass is 16.6. The number of hydrogen-bond donors (Lipinski definition) is 0. The van der Waals surface area contributed by atoms with E-state index >= 15 is 0 Å². The van der Waals surface area contributed by atoms with Gasteiger partial charge in [-0.2, -0.15) is 0 Å². The molecule has 1 aromatic carbocycles. The van der Waals surface area contributed by atoms with Gasteiger partial charge in [0.2, 0.25) is 0 Å². The van der Waals surface area contributed by atoms with Gasteiger partial charge in [-0.1, -0.05) is 44.2 Å². The highest BCUT2D eigenvalue weighted by Crippen LogP contribution is 2.13. The van der Waals surface area contributed by atoms with Gasteiger partial charge < -0.3 is 9.47 Å². The Bertz CT molecular complexity index is 394. The Morgan fingerprint density at radius 2 is 1.45 bits per heavy atom. The van der Waals surface area contributed by atoms with Gasteiger partial charge in [0.05, 0.1) is 13.2 Å². The highest BCUT2D eigenvalue weighted by molar-refractivity contribution is 5.95. The average molecular weight is 278 g/mol. The molecule has 0 atom stereocenters. The van der Waals surface area contributed by atoms with E-state index in [4.69, 9.17) is 9.47 Å². The molecule has 0 radical (unpaired) electrons. The molecule has 0 aliphatic carbocycles. The zero-order chi connectivity index (χ0) is 14.8. The smallest absolute Gasteiger partial charge is 0.320 e. The van der Waals surface area contributed by atoms with Crippen LogP contribution in [0.5, 0.6) is 0 Å². The van der Waals surface area contributed by atoms with Crippen molar-refractivity contribution in [2.45, 2.75) is 33.1 Å². The summed E-state index contributed by atoms with van der Waals surface area (Å²) in [6.07, 6.45) is 1.77. The number of rotatable bonds is 8. The first-order chi connectivity index (χ1) is 9.69. The molecule has 0 spiro atoms. The van der Waals surface area contributed by atoms with E-state index < -0.39 is 17.9 Å². The Balaban J connectivity index is 2.72. The van der Waals surface area contributed by atoms with Crippen molar-refractivity contribution in [1.29, 1.82) is 0 Å². The lowest BCUT2D eigenvalue weighted by Crippen LogP contribution is -2.30. The van der Waals surface area contributed by atoms with E-state index in [-0.39, 0.29) is 0 Å². The van der Waals surface area contributed by atoms with Gasteiger partial charge in [0.25, 0.3) is 0 Å². The van der Waals surface area contributed by atoms with Gasteiger partial charge in [0, 0.05) is 0 Å². The van der Waals surface area contributed by atoms with Crippen LogP contribution in [0.15, 0.2) is 30.3 Å². The zero-order valence-corrected chi connectivity index (χ0v) is 12.1. The topological polar surface area (TPSA) is 52.6 Å². The maximum Gasteiger partial charge on any atom is 0.320 e. The highest BCUT2D eigenvalue weighted by Gasteiger charge is 2.29. The third-order valence-corrected chi connectivity index (χ3v) is 2.75. The molecule has 0 heterocycles. The molecule has 0 saturated heterocycles. The van der Waals surface area contributed by atoms with Crippen LogP contribution in [-0.2, 0) is 25.5 Å². The summed E-state index contributed by atoms with van der Waals surface area (Å²) in [5, 5.41) is 0. The fourth-order valence-corrected chi connectivity index (χ4v) is 1.72. The van der Waals surface area contributed by atoms with Crippen molar-refractivity contribution >= 4 is 11.9 Å². The third kappa shape index (κ3) is 5.43. The van der Waals surface area contributed by atoms with Gasteiger partial charge in [-0.3, -0.25) is 9.59 Å². The molecular weight excluding hydrogens is 256 g/mol. The van der Waals surface area contributed by atoms with E-state index in [1.165, 1.54) is 0 Å². The van der Waals surface area contributed by atoms with Gasteiger partial charge in [-0.25, -0.2) is 0 Å². The second-order valence-electron chi connectivity index (χ2n) is 4.58. The van der Waals surface area contributed by atoms with Crippen LogP contribution in [0, 0.1) is 5.92 Å². The van der Waals surface area contributed by atoms with Crippen molar-refractivity contribution in [3.63, 3.8) is 0 Å². The minimum Gasteiger partial charge on any atom is -0.465 e. The molecule has 4 heteroatoms. The molecule has 0 aliphatic heterocycles. The normalized spacial score (nSPS) is 10.3. The Labute approximate surface area is 120 Å². The summed E-state index contributed by atoms with van der Waals surface area (Å²) in [5.74, 6) is -1.89. The monoisotopic (exact) mass is 278 g/mol. The summed E-state index contributed by atoms with van der Waals surface area (Å²) in [5.41, 5.74) is 0.916. The molecule has 1 aromatic rings. The quantitative estimate of drug-likeness (QED) is 0.542. The van der Waals surface area contributed by atoms with E-state index in [0.29, 0.717) is 19.6 Å². The predicted octanol–water partition coefficient (Wildman–Crippen LogP) is 2.75. The number of benzene rings is 1. The molecule has 1 rings (SSSR count). The van der Waals surface area contributed by atoms with E-state index in [1.54, 1.807) is 0 Å². The minimum absolute atomic E-state index is 0.311. The molecule has 0 aromatic heterocycles. The second kappa shape index (κ2) is 9.13. The minimum atomic E-state index is -0.879. The van der Waals surface area contributed by atoms with Crippen molar-refractivity contribution < 1.29 is 19.1 Å². The molecule has 0 aliphatic rings. The molecule has 20 heavy (non-hydrogen) atoms. The molecule has 0 amide bonds. The van der Waals surface area contributed by atoms with E-state index in [1.807, 2.05) is 44.2 Å². The second-order valence-corrected chi connectivity index (χ2v) is 4.58. The molecular formula is C16H22O4. The summed E-state index contributed by atoms with van der Waals surface area (Å²) in [6, 6.07) is 9.41. The third-order valence-electron chi connectivity index (χ3n) is 2.75. The lowest BCUT2D eigenvalue weighted by atomic mass is 9.99. The van der Waals surface area contributed by atoms with Crippen molar-refractivity contribution in [2.75, 3.05) is 13.2 Å². The van der Waals surface area contributed by atoms with Crippen LogP contribution in [0.4, 0.5) is 0 Å². The standard InChI is InChI=1S/C16H22O4/c1-3-10-19-15(17)14(16(18)20-11-4-2)12-13-8-6-5-7-9-13/h5-9,14H,3-4,10-12H2,1-2H3. The molecule has 0 saturated carbocycles. The summed E-state index contributed by atoms with van der Waals surface area (Å²) < 4.78 is 10.2. The Hall–Kier alpha value is -1.84. The summed E-state index contributed by atoms with van der Waals surface area (Å²) >= 11 is 0. The van der Waals surface area contributed by atoms with E-state index in [0.717, 1.165) is 18.4 Å². The number of esters is 2. The molecule has 4 nitrogen and oxygen atoms in total. The van der Waals surface area contributed by atoms with Gasteiger partial charge in [0.1, 0.15) is 0 Å². The summed E-state index contributed by atoms with van der Waals surface area (Å²) in [6.45, 7) is 4.47. The van der Waals surface area contributed by atoms with Gasteiger partial charge in [0.15, 0.2) is 5.92 Å². The van der Waals surface area contributed by atoms with Gasteiger partial charge in [-0.15, -0.1) is 0 Å². The summed E-state index contributed by atoms with van der Waals surface area (Å²) in [7, 11) is 0. The van der Waals surface area contributed by atoms with Crippen molar-refractivity contribution in [1.82, 2.24) is 0 Å². The fraction of sp³-hybridized carbons (Fsp3) is 0.500. The van der Waals surface area contributed by atoms with Crippen molar-refractivity contribution in [2.24, 2.45) is 5.92 Å². The molecule has 0 fully saturated rings. The van der Waals surface area contributed by atoms with Crippen LogP contribution in [0.3, 0.4) is 0 Å². The zero-order valence-electron chi connectivity index (χ0n) is 12.1. The van der Waals surface area contributed by atoms with E-state index in [2.05, 4.69) is 0 Å². The van der Waals surface area contributed by atoms with Crippen molar-refractivity contribution in [3.05, 3.63) is 35.9 Å². The van der Waals surface area contributed by atoms with Crippen molar-refractivity contribution in [3.8, 4) is 0 Å². The van der Waals surface area contributed by atoms with Gasteiger partial charge >= 0.3 is 11.9 Å². The van der Waals surface area contributed by atoms with Gasteiger partial charge in [-0.05, 0) is 24.8 Å². The molecule has 110 valence electrons. The lowest BCUT2D eigenvalue weighted by molar-refractivity contribution is -0.162. The van der Waals surface area contributed by atoms with Crippen LogP contribution >= 0.6 is 0 Å². The predicted molar refractivity (Wildman–Crippen MR) is 76.1 cm³/mol.